The number of fused-ring (bicyclic) bond motifs is 1. The summed E-state index contributed by atoms with van der Waals surface area (Å²) in [6, 6.07) is 7.71. The van der Waals surface area contributed by atoms with E-state index in [-0.39, 0.29) is 12.5 Å². The number of carbonyl (C=O) groups is 1. The molecule has 17 heavy (non-hydrogen) atoms. The second kappa shape index (κ2) is 4.86. The zero-order valence-electron chi connectivity index (χ0n) is 9.93. The number of aromatic nitrogens is 2. The monoisotopic (exact) mass is 233 g/mol. The quantitative estimate of drug-likeness (QED) is 0.816. The summed E-state index contributed by atoms with van der Waals surface area (Å²) in [6.07, 6.45) is 0. The molecule has 0 radical (unpaired) electrons. The van der Waals surface area contributed by atoms with Crippen molar-refractivity contribution in [3.05, 3.63) is 24.3 Å². The van der Waals surface area contributed by atoms with Crippen LogP contribution < -0.4 is 5.32 Å². The van der Waals surface area contributed by atoms with E-state index in [1.54, 1.807) is 0 Å². The molecule has 1 aromatic heterocycles. The first kappa shape index (κ1) is 11.4. The van der Waals surface area contributed by atoms with Crippen LogP contribution in [-0.4, -0.2) is 29.2 Å². The summed E-state index contributed by atoms with van der Waals surface area (Å²) < 4.78 is 6.51. The lowest BCUT2D eigenvalue weighted by atomic mass is 10.3. The van der Waals surface area contributed by atoms with E-state index >= 15 is 0 Å². The lowest BCUT2D eigenvalue weighted by Crippen LogP contribution is -2.14. The zero-order chi connectivity index (χ0) is 12.3. The number of hydrogen-bond donors (Lipinski definition) is 1. The number of nitrogens with zero attached hydrogens (tertiary/aromatic N) is 2. The number of para-hydroxylation sites is 2. The third kappa shape index (κ3) is 2.22. The molecule has 0 fully saturated rings. The van der Waals surface area contributed by atoms with Crippen molar-refractivity contribution in [3.63, 3.8) is 0 Å². The van der Waals surface area contributed by atoms with Crippen LogP contribution in [0.3, 0.4) is 0 Å². The van der Waals surface area contributed by atoms with Crippen LogP contribution in [0, 0.1) is 0 Å². The Hall–Kier alpha value is -2.04. The van der Waals surface area contributed by atoms with Crippen molar-refractivity contribution < 1.29 is 9.53 Å². The van der Waals surface area contributed by atoms with Crippen LogP contribution in [0.15, 0.2) is 24.3 Å². The summed E-state index contributed by atoms with van der Waals surface area (Å²) in [7, 11) is 1.38. The second-order valence-corrected chi connectivity index (χ2v) is 3.62. The number of benzene rings is 1. The highest BCUT2D eigenvalue weighted by Gasteiger charge is 2.12. The maximum absolute atomic E-state index is 11.4. The average molecular weight is 233 g/mol. The van der Waals surface area contributed by atoms with Crippen molar-refractivity contribution in [2.75, 3.05) is 19.0 Å². The van der Waals surface area contributed by atoms with Gasteiger partial charge in [0.25, 0.3) is 0 Å². The van der Waals surface area contributed by atoms with Gasteiger partial charge in [0, 0.05) is 6.54 Å². The molecule has 0 aliphatic carbocycles. The zero-order valence-corrected chi connectivity index (χ0v) is 9.93. The molecule has 5 heteroatoms. The van der Waals surface area contributed by atoms with Crippen molar-refractivity contribution in [1.29, 1.82) is 0 Å². The minimum atomic E-state index is -0.285. The van der Waals surface area contributed by atoms with Gasteiger partial charge in [0.2, 0.25) is 5.95 Å². The highest BCUT2D eigenvalue weighted by atomic mass is 16.5. The molecule has 0 atom stereocenters. The molecule has 0 unspecified atom stereocenters. The normalized spacial score (nSPS) is 10.5. The number of ether oxygens (including phenoxy) is 1. The molecule has 1 N–H and O–H groups in total. The predicted molar refractivity (Wildman–Crippen MR) is 65.9 cm³/mol. The van der Waals surface area contributed by atoms with Crippen LogP contribution >= 0.6 is 0 Å². The van der Waals surface area contributed by atoms with E-state index < -0.39 is 0 Å². The van der Waals surface area contributed by atoms with Gasteiger partial charge in [-0.25, -0.2) is 4.98 Å². The molecule has 0 amide bonds. The molecule has 0 saturated heterocycles. The van der Waals surface area contributed by atoms with E-state index in [4.69, 9.17) is 4.74 Å². The predicted octanol–water partition coefficient (Wildman–Crippen LogP) is 1.64. The molecule has 2 aromatic rings. The van der Waals surface area contributed by atoms with Gasteiger partial charge in [-0.15, -0.1) is 0 Å². The van der Waals surface area contributed by atoms with Crippen LogP contribution in [0.2, 0.25) is 0 Å². The lowest BCUT2D eigenvalue weighted by Gasteiger charge is -2.07. The van der Waals surface area contributed by atoms with E-state index in [2.05, 4.69) is 10.3 Å². The maximum atomic E-state index is 11.4. The number of esters is 1. The Bertz CT molecular complexity index is 534. The van der Waals surface area contributed by atoms with E-state index in [0.717, 1.165) is 17.6 Å². The first-order valence-electron chi connectivity index (χ1n) is 5.52. The van der Waals surface area contributed by atoms with Crippen LogP contribution in [0.25, 0.3) is 11.0 Å². The molecule has 5 nitrogen and oxygen atoms in total. The fourth-order valence-electron chi connectivity index (χ4n) is 1.72. The van der Waals surface area contributed by atoms with Crippen molar-refractivity contribution in [3.8, 4) is 0 Å². The van der Waals surface area contributed by atoms with Crippen molar-refractivity contribution >= 4 is 23.0 Å². The Labute approximate surface area is 99.4 Å². The first-order chi connectivity index (χ1) is 8.26. The third-order valence-corrected chi connectivity index (χ3v) is 2.50. The van der Waals surface area contributed by atoms with Crippen LogP contribution in [-0.2, 0) is 16.1 Å². The fraction of sp³-hybridized carbons (Fsp3) is 0.333. The minimum absolute atomic E-state index is 0.166. The SMILES string of the molecule is CCNc1nc2ccccc2n1CC(=O)OC. The summed E-state index contributed by atoms with van der Waals surface area (Å²) in [4.78, 5) is 15.8. The van der Waals surface area contributed by atoms with Gasteiger partial charge in [-0.05, 0) is 19.1 Å². The fourth-order valence-corrected chi connectivity index (χ4v) is 1.72. The van der Waals surface area contributed by atoms with Crippen molar-refractivity contribution in [1.82, 2.24) is 9.55 Å². The van der Waals surface area contributed by atoms with E-state index in [0.29, 0.717) is 5.95 Å². The van der Waals surface area contributed by atoms with Gasteiger partial charge >= 0.3 is 5.97 Å². The standard InChI is InChI=1S/C12H15N3O2/c1-3-13-12-14-9-6-4-5-7-10(9)15(12)8-11(16)17-2/h4-7H,3,8H2,1-2H3,(H,13,14). The van der Waals surface area contributed by atoms with Crippen molar-refractivity contribution in [2.45, 2.75) is 13.5 Å². The molecule has 2 rings (SSSR count). The van der Waals surface area contributed by atoms with Crippen LogP contribution in [0.1, 0.15) is 6.92 Å². The van der Waals surface area contributed by atoms with E-state index in [9.17, 15) is 4.79 Å². The Balaban J connectivity index is 2.47. The van der Waals surface area contributed by atoms with E-state index in [1.165, 1.54) is 7.11 Å². The van der Waals surface area contributed by atoms with Crippen molar-refractivity contribution in [2.24, 2.45) is 0 Å². The maximum Gasteiger partial charge on any atom is 0.325 e. The van der Waals surface area contributed by atoms with E-state index in [1.807, 2.05) is 35.8 Å². The average Bonchev–Trinajstić information content (AvgIpc) is 2.68. The number of imidazole rings is 1. The van der Waals surface area contributed by atoms with Gasteiger partial charge in [0.1, 0.15) is 6.54 Å². The Morgan fingerprint density at radius 2 is 2.24 bits per heavy atom. The smallest absolute Gasteiger partial charge is 0.325 e. The molecule has 0 saturated carbocycles. The van der Waals surface area contributed by atoms with Gasteiger partial charge in [0.15, 0.2) is 0 Å². The van der Waals surface area contributed by atoms with Gasteiger partial charge in [-0.3, -0.25) is 9.36 Å². The second-order valence-electron chi connectivity index (χ2n) is 3.62. The number of nitrogens with one attached hydrogen (secondary N) is 1. The summed E-state index contributed by atoms with van der Waals surface area (Å²) in [5.41, 5.74) is 1.79. The van der Waals surface area contributed by atoms with Gasteiger partial charge in [-0.1, -0.05) is 12.1 Å². The number of rotatable bonds is 4. The largest absolute Gasteiger partial charge is 0.468 e. The molecular weight excluding hydrogens is 218 g/mol. The number of anilines is 1. The Morgan fingerprint density at radius 1 is 1.47 bits per heavy atom. The highest BCUT2D eigenvalue weighted by molar-refractivity contribution is 5.81. The third-order valence-electron chi connectivity index (χ3n) is 2.50. The number of hydrogen-bond acceptors (Lipinski definition) is 4. The van der Waals surface area contributed by atoms with Crippen LogP contribution in [0.4, 0.5) is 5.95 Å². The minimum Gasteiger partial charge on any atom is -0.468 e. The number of methoxy groups -OCH3 is 1. The molecular formula is C12H15N3O2. The lowest BCUT2D eigenvalue weighted by molar-refractivity contribution is -0.141. The molecule has 1 heterocycles. The Morgan fingerprint density at radius 3 is 2.94 bits per heavy atom. The highest BCUT2D eigenvalue weighted by Crippen LogP contribution is 2.19. The number of carbonyl (C=O) groups excluding carboxylic acids is 1. The first-order valence-corrected chi connectivity index (χ1v) is 5.52. The van der Waals surface area contributed by atoms with Gasteiger partial charge < -0.3 is 10.1 Å². The van der Waals surface area contributed by atoms with Crippen LogP contribution in [0.5, 0.6) is 0 Å². The van der Waals surface area contributed by atoms with Gasteiger partial charge in [-0.2, -0.15) is 0 Å². The summed E-state index contributed by atoms with van der Waals surface area (Å²) in [6.45, 7) is 2.91. The molecule has 90 valence electrons. The summed E-state index contributed by atoms with van der Waals surface area (Å²) in [5.74, 6) is 0.409. The molecule has 0 bridgehead atoms. The molecule has 0 aliphatic rings. The summed E-state index contributed by atoms with van der Waals surface area (Å²) in [5, 5.41) is 3.14. The Kier molecular flexibility index (Phi) is 3.27. The van der Waals surface area contributed by atoms with Gasteiger partial charge in [0.05, 0.1) is 18.1 Å². The summed E-state index contributed by atoms with van der Waals surface area (Å²) >= 11 is 0. The topological polar surface area (TPSA) is 56.2 Å². The molecule has 0 aliphatic heterocycles. The molecule has 0 spiro atoms. The molecule has 1 aromatic carbocycles.